The zero-order valence-electron chi connectivity index (χ0n) is 34.6. The minimum Gasteiger partial charge on any atom is -0.493 e. The molecule has 0 saturated heterocycles. The van der Waals surface area contributed by atoms with E-state index in [9.17, 15) is 4.79 Å². The molecule has 4 atom stereocenters. The van der Waals surface area contributed by atoms with Gasteiger partial charge in [-0.25, -0.2) is 4.79 Å². The fourth-order valence-electron chi connectivity index (χ4n) is 8.18. The predicted molar refractivity (Wildman–Crippen MR) is 210 cm³/mol. The monoisotopic (exact) mass is 730 g/mol. The van der Waals surface area contributed by atoms with Gasteiger partial charge in [-0.15, -0.1) is 0 Å². The number of allylic oxidation sites excluding steroid dienone is 10. The van der Waals surface area contributed by atoms with Crippen LogP contribution in [0.15, 0.2) is 70.1 Å². The van der Waals surface area contributed by atoms with E-state index in [-0.39, 0.29) is 70.9 Å². The summed E-state index contributed by atoms with van der Waals surface area (Å²) in [7, 11) is 4.35. The molecule has 290 valence electrons. The van der Waals surface area contributed by atoms with Gasteiger partial charge in [0.1, 0.15) is 5.76 Å². The Labute approximate surface area is 317 Å². The summed E-state index contributed by atoms with van der Waals surface area (Å²) in [6.45, 7) is 21.4. The topological polar surface area (TPSA) is 105 Å². The van der Waals surface area contributed by atoms with E-state index in [0.717, 1.165) is 22.3 Å². The molecule has 2 bridgehead atoms. The zero-order chi connectivity index (χ0) is 40.1. The first kappa shape index (κ1) is 43.2. The van der Waals surface area contributed by atoms with Crippen LogP contribution in [0.1, 0.15) is 125 Å². The summed E-state index contributed by atoms with van der Waals surface area (Å²) in [4.78, 5) is 61.2. The molecule has 0 aliphatic heterocycles. The van der Waals surface area contributed by atoms with E-state index < -0.39 is 33.9 Å². The van der Waals surface area contributed by atoms with E-state index in [1.807, 2.05) is 74.5 Å². The molecule has 1 aromatic rings. The summed E-state index contributed by atoms with van der Waals surface area (Å²) >= 11 is 0. The maximum Gasteiger partial charge on any atom is 0.343 e. The Hall–Kier alpha value is -4.20. The molecule has 0 amide bonds. The van der Waals surface area contributed by atoms with Crippen molar-refractivity contribution in [1.82, 2.24) is 0 Å². The minimum atomic E-state index is -1.94. The second-order valence-corrected chi connectivity index (χ2v) is 16.2. The fraction of sp³-hybridized carbons (Fsp3) is 0.556. The number of hydrogen-bond acceptors (Lipinski definition) is 8. The van der Waals surface area contributed by atoms with Crippen LogP contribution in [-0.4, -0.2) is 44.6 Å². The lowest BCUT2D eigenvalue weighted by Gasteiger charge is -2.61. The van der Waals surface area contributed by atoms with Gasteiger partial charge in [0.05, 0.1) is 32.3 Å². The highest BCUT2D eigenvalue weighted by molar-refractivity contribution is 6.28. The van der Waals surface area contributed by atoms with Crippen molar-refractivity contribution in [3.8, 4) is 17.2 Å². The number of esters is 1. The number of ether oxygens (including phenoxy) is 4. The standard InChI is InChI=1S/C45H62O8/c1-27(2)16-15-22-43(11)33(19-17-28(3)4)26-44(23-21-30(7)8)39(47)34(20-18-29(5)6)40(45(43,42(44)49)38(46)31(9)10)53-41(48)32-24-35(50-12)37(52-14)36(25-32)51-13/h16-18,21,24-25,31,33H,15,19-20,22-23,26H2,1-14H3/t33-,43+,44+,45-/m0/s1. The Morgan fingerprint density at radius 2 is 1.36 bits per heavy atom. The predicted octanol–water partition coefficient (Wildman–Crippen LogP) is 10.3. The van der Waals surface area contributed by atoms with Crippen molar-refractivity contribution < 1.29 is 38.1 Å². The molecule has 0 radical (unpaired) electrons. The van der Waals surface area contributed by atoms with Crippen LogP contribution >= 0.6 is 0 Å². The Morgan fingerprint density at radius 3 is 1.83 bits per heavy atom. The average molecular weight is 731 g/mol. The molecule has 0 aromatic heterocycles. The Morgan fingerprint density at radius 1 is 0.811 bits per heavy atom. The van der Waals surface area contributed by atoms with Gasteiger partial charge in [-0.05, 0) is 117 Å². The van der Waals surface area contributed by atoms with Gasteiger partial charge in [0.15, 0.2) is 34.3 Å². The molecule has 1 fully saturated rings. The van der Waals surface area contributed by atoms with Crippen molar-refractivity contribution in [2.45, 2.75) is 115 Å². The first-order valence-electron chi connectivity index (χ1n) is 18.7. The molecule has 53 heavy (non-hydrogen) atoms. The molecule has 8 heteroatoms. The van der Waals surface area contributed by atoms with Crippen molar-refractivity contribution in [2.75, 3.05) is 21.3 Å². The molecule has 0 spiro atoms. The maximum atomic E-state index is 15.9. The van der Waals surface area contributed by atoms with Crippen molar-refractivity contribution in [3.63, 3.8) is 0 Å². The Bertz CT molecular complexity index is 1730. The lowest BCUT2D eigenvalue weighted by molar-refractivity contribution is -0.178. The van der Waals surface area contributed by atoms with Gasteiger partial charge >= 0.3 is 5.97 Å². The molecule has 2 aliphatic rings. The summed E-state index contributed by atoms with van der Waals surface area (Å²) < 4.78 is 23.1. The number of methoxy groups -OCH3 is 3. The van der Waals surface area contributed by atoms with Crippen LogP contribution in [0, 0.1) is 28.1 Å². The molecular formula is C45H62O8. The van der Waals surface area contributed by atoms with Crippen molar-refractivity contribution in [1.29, 1.82) is 0 Å². The van der Waals surface area contributed by atoms with Gasteiger partial charge in [-0.3, -0.25) is 14.4 Å². The van der Waals surface area contributed by atoms with E-state index in [2.05, 4.69) is 12.2 Å². The highest BCUT2D eigenvalue weighted by Gasteiger charge is 2.76. The molecule has 1 aromatic carbocycles. The number of hydrogen-bond donors (Lipinski definition) is 0. The fourth-order valence-corrected chi connectivity index (χ4v) is 8.18. The first-order valence-corrected chi connectivity index (χ1v) is 18.7. The van der Waals surface area contributed by atoms with E-state index in [0.29, 0.717) is 19.3 Å². The summed E-state index contributed by atoms with van der Waals surface area (Å²) in [5.41, 5.74) is -0.148. The van der Waals surface area contributed by atoms with E-state index >= 15 is 14.4 Å². The van der Waals surface area contributed by atoms with Crippen LogP contribution in [-0.2, 0) is 19.1 Å². The molecule has 0 heterocycles. The molecule has 8 nitrogen and oxygen atoms in total. The molecule has 1 saturated carbocycles. The average Bonchev–Trinajstić information content (AvgIpc) is 3.09. The van der Waals surface area contributed by atoms with Gasteiger partial charge in [0.25, 0.3) is 0 Å². The van der Waals surface area contributed by atoms with Crippen molar-refractivity contribution in [3.05, 3.63) is 75.6 Å². The number of ketones is 3. The van der Waals surface area contributed by atoms with Crippen LogP contribution in [0.4, 0.5) is 0 Å². The molecule has 0 N–H and O–H groups in total. The SMILES string of the molecule is COc1cc(C(=O)OC2=C(CC=C(C)C)C(=O)[C@@]3(CC=C(C)C)C[C@H](CC=C(C)C)[C@@](C)(CCC=C(C)C)[C@]2(C(=O)C(C)C)C3=O)cc(OC)c1OC. The smallest absolute Gasteiger partial charge is 0.343 e. The summed E-state index contributed by atoms with van der Waals surface area (Å²) in [5, 5.41) is 0. The van der Waals surface area contributed by atoms with Crippen LogP contribution < -0.4 is 14.2 Å². The van der Waals surface area contributed by atoms with Gasteiger partial charge in [-0.2, -0.15) is 0 Å². The van der Waals surface area contributed by atoms with E-state index in [1.54, 1.807) is 13.8 Å². The number of Topliss-reactive ketones (excluding diaryl/α,β-unsaturated/α-hetero) is 3. The number of benzene rings is 1. The molecule has 3 rings (SSSR count). The highest BCUT2D eigenvalue weighted by atomic mass is 16.5. The lowest BCUT2D eigenvalue weighted by atomic mass is 9.38. The first-order chi connectivity index (χ1) is 24.8. The largest absolute Gasteiger partial charge is 0.493 e. The normalized spacial score (nSPS) is 23.6. The van der Waals surface area contributed by atoms with E-state index in [4.69, 9.17) is 18.9 Å². The van der Waals surface area contributed by atoms with Crippen molar-refractivity contribution >= 4 is 23.3 Å². The summed E-state index contributed by atoms with van der Waals surface area (Å²) in [6.07, 6.45) is 10.2. The second kappa shape index (κ2) is 17.3. The number of carbonyl (C=O) groups excluding carboxylic acids is 4. The van der Waals surface area contributed by atoms with Gasteiger partial charge < -0.3 is 18.9 Å². The minimum absolute atomic E-state index is 0.0464. The van der Waals surface area contributed by atoms with Crippen LogP contribution in [0.3, 0.4) is 0 Å². The van der Waals surface area contributed by atoms with Gasteiger partial charge in [-0.1, -0.05) is 67.4 Å². The molecule has 2 aliphatic carbocycles. The van der Waals surface area contributed by atoms with Crippen LogP contribution in [0.5, 0.6) is 17.2 Å². The highest BCUT2D eigenvalue weighted by Crippen LogP contribution is 2.68. The molecular weight excluding hydrogens is 668 g/mol. The quantitative estimate of drug-likeness (QED) is 0.0940. The lowest BCUT2D eigenvalue weighted by Crippen LogP contribution is -2.70. The van der Waals surface area contributed by atoms with Crippen LogP contribution in [0.25, 0.3) is 0 Å². The maximum absolute atomic E-state index is 15.9. The third-order valence-electron chi connectivity index (χ3n) is 11.0. The van der Waals surface area contributed by atoms with E-state index in [1.165, 1.54) is 33.5 Å². The molecule has 0 unspecified atom stereocenters. The third kappa shape index (κ3) is 8.17. The zero-order valence-corrected chi connectivity index (χ0v) is 34.6. The number of rotatable bonds is 16. The Balaban J connectivity index is 2.63. The van der Waals surface area contributed by atoms with Crippen LogP contribution in [0.2, 0.25) is 0 Å². The number of fused-ring (bicyclic) bond motifs is 2. The third-order valence-corrected chi connectivity index (χ3v) is 11.0. The summed E-state index contributed by atoms with van der Waals surface area (Å²) in [5.74, 6) is -2.34. The Kier molecular flexibility index (Phi) is 14.1. The second-order valence-electron chi connectivity index (χ2n) is 16.2. The van der Waals surface area contributed by atoms with Crippen molar-refractivity contribution in [2.24, 2.45) is 28.1 Å². The number of carbonyl (C=O) groups is 4. The van der Waals surface area contributed by atoms with Gasteiger partial charge in [0.2, 0.25) is 5.75 Å². The summed E-state index contributed by atoms with van der Waals surface area (Å²) in [6, 6.07) is 2.93. The van der Waals surface area contributed by atoms with Gasteiger partial charge in [0, 0.05) is 11.5 Å².